The van der Waals surface area contributed by atoms with Crippen LogP contribution in [0.4, 0.5) is 0 Å². The average molecular weight is 238 g/mol. The number of guanidine groups is 1. The van der Waals surface area contributed by atoms with Gasteiger partial charge in [-0.2, -0.15) is 0 Å². The molecule has 0 aromatic carbocycles. The number of rotatable bonds is 5. The maximum Gasteiger partial charge on any atom is 0.188 e. The molecule has 2 rings (SSSR count). The number of hydrogen-bond donors (Lipinski definition) is 2. The highest BCUT2D eigenvalue weighted by molar-refractivity contribution is 5.77. The number of nitrogens with two attached hydrogens (primary N) is 1. The van der Waals surface area contributed by atoms with Gasteiger partial charge in [0, 0.05) is 19.1 Å². The molecule has 2 fully saturated rings. The molecule has 0 spiro atoms. The Hall–Kier alpha value is -0.770. The van der Waals surface area contributed by atoms with Crippen molar-refractivity contribution in [1.82, 2.24) is 10.2 Å². The van der Waals surface area contributed by atoms with E-state index >= 15 is 0 Å². The summed E-state index contributed by atoms with van der Waals surface area (Å²) in [5, 5.41) is 3.27. The molecule has 1 heterocycles. The average Bonchev–Trinajstić information content (AvgIpc) is 2.86. The Balaban J connectivity index is 1.66. The molecule has 0 amide bonds. The first-order chi connectivity index (χ1) is 8.20. The van der Waals surface area contributed by atoms with E-state index < -0.39 is 0 Å². The van der Waals surface area contributed by atoms with Crippen LogP contribution >= 0.6 is 0 Å². The van der Waals surface area contributed by atoms with E-state index in [1.165, 1.54) is 25.8 Å². The van der Waals surface area contributed by atoms with Crippen LogP contribution in [-0.4, -0.2) is 43.1 Å². The van der Waals surface area contributed by atoms with Gasteiger partial charge in [0.25, 0.3) is 0 Å². The molecule has 4 nitrogen and oxygen atoms in total. The predicted molar refractivity (Wildman–Crippen MR) is 72.0 cm³/mol. The number of hydrogen-bond acceptors (Lipinski definition) is 2. The predicted octanol–water partition coefficient (Wildman–Crippen LogP) is 1.03. The van der Waals surface area contributed by atoms with E-state index in [-0.39, 0.29) is 0 Å². The normalized spacial score (nSPS) is 34.0. The summed E-state index contributed by atoms with van der Waals surface area (Å²) in [6.07, 6.45) is 3.92. The largest absolute Gasteiger partial charge is 0.370 e. The Labute approximate surface area is 105 Å². The minimum Gasteiger partial charge on any atom is -0.370 e. The van der Waals surface area contributed by atoms with Gasteiger partial charge >= 0.3 is 0 Å². The van der Waals surface area contributed by atoms with Gasteiger partial charge in [-0.1, -0.05) is 13.8 Å². The number of likely N-dealkylation sites (N-methyl/N-ethyl adjacent to an activating group) is 1. The summed E-state index contributed by atoms with van der Waals surface area (Å²) in [5.41, 5.74) is 5.88. The van der Waals surface area contributed by atoms with Crippen LogP contribution in [0.15, 0.2) is 4.99 Å². The molecule has 0 aromatic rings. The fraction of sp³-hybridized carbons (Fsp3) is 0.923. The summed E-state index contributed by atoms with van der Waals surface area (Å²) in [6.45, 7) is 8.74. The van der Waals surface area contributed by atoms with E-state index in [1.807, 2.05) is 0 Å². The van der Waals surface area contributed by atoms with Gasteiger partial charge in [0.2, 0.25) is 0 Å². The molecule has 1 saturated carbocycles. The second-order valence-electron chi connectivity index (χ2n) is 5.50. The molecule has 3 N–H and O–H groups in total. The lowest BCUT2D eigenvalue weighted by Crippen LogP contribution is -2.42. The lowest BCUT2D eigenvalue weighted by molar-refractivity contribution is 0.267. The summed E-state index contributed by atoms with van der Waals surface area (Å²) in [4.78, 5) is 6.93. The van der Waals surface area contributed by atoms with Crippen LogP contribution in [0.25, 0.3) is 0 Å². The summed E-state index contributed by atoms with van der Waals surface area (Å²) < 4.78 is 0. The summed E-state index contributed by atoms with van der Waals surface area (Å²) >= 11 is 0. The Kier molecular flexibility index (Phi) is 4.26. The fourth-order valence-corrected chi connectivity index (χ4v) is 2.69. The second-order valence-corrected chi connectivity index (χ2v) is 5.50. The molecule has 17 heavy (non-hydrogen) atoms. The van der Waals surface area contributed by atoms with Crippen molar-refractivity contribution in [2.24, 2.45) is 22.6 Å². The van der Waals surface area contributed by atoms with Gasteiger partial charge in [-0.05, 0) is 44.2 Å². The van der Waals surface area contributed by atoms with Crippen molar-refractivity contribution in [2.45, 2.75) is 39.2 Å². The molecule has 0 aromatic heterocycles. The van der Waals surface area contributed by atoms with Crippen molar-refractivity contribution in [2.75, 3.05) is 26.2 Å². The first-order valence-electron chi connectivity index (χ1n) is 6.98. The third-order valence-electron chi connectivity index (χ3n) is 4.20. The van der Waals surface area contributed by atoms with E-state index in [4.69, 9.17) is 5.73 Å². The molecule has 1 saturated heterocycles. The van der Waals surface area contributed by atoms with E-state index in [2.05, 4.69) is 29.1 Å². The first-order valence-corrected chi connectivity index (χ1v) is 6.98. The molecule has 98 valence electrons. The molecule has 2 aliphatic rings. The smallest absolute Gasteiger partial charge is 0.188 e. The Morgan fingerprint density at radius 1 is 1.53 bits per heavy atom. The SMILES string of the molecule is CCN1CCCC1CNC(N)=NCC1CC1C. The maximum atomic E-state index is 5.88. The van der Waals surface area contributed by atoms with Crippen LogP contribution in [0.2, 0.25) is 0 Å². The molecule has 1 aliphatic carbocycles. The first kappa shape index (κ1) is 12.7. The Bertz CT molecular complexity index is 277. The minimum absolute atomic E-state index is 0.632. The minimum atomic E-state index is 0.632. The molecule has 3 unspecified atom stereocenters. The van der Waals surface area contributed by atoms with Gasteiger partial charge in [0.15, 0.2) is 5.96 Å². The zero-order valence-electron chi connectivity index (χ0n) is 11.2. The monoisotopic (exact) mass is 238 g/mol. The Morgan fingerprint density at radius 3 is 2.94 bits per heavy atom. The third-order valence-corrected chi connectivity index (χ3v) is 4.20. The highest BCUT2D eigenvalue weighted by Gasteiger charge is 2.31. The fourth-order valence-electron chi connectivity index (χ4n) is 2.69. The standard InChI is InChI=1S/C13H26N4/c1-3-17-6-4-5-12(17)9-16-13(14)15-8-11-7-10(11)2/h10-12H,3-9H2,1-2H3,(H3,14,15,16). The lowest BCUT2D eigenvalue weighted by atomic mass is 10.2. The van der Waals surface area contributed by atoms with E-state index in [0.29, 0.717) is 12.0 Å². The summed E-state index contributed by atoms with van der Waals surface area (Å²) in [7, 11) is 0. The van der Waals surface area contributed by atoms with Gasteiger partial charge in [-0.25, -0.2) is 0 Å². The van der Waals surface area contributed by atoms with Gasteiger partial charge in [0.05, 0.1) is 0 Å². The molecular formula is C13H26N4. The molecular weight excluding hydrogens is 212 g/mol. The number of nitrogens with one attached hydrogen (secondary N) is 1. The topological polar surface area (TPSA) is 53.6 Å². The molecule has 0 bridgehead atoms. The zero-order valence-corrected chi connectivity index (χ0v) is 11.2. The van der Waals surface area contributed by atoms with E-state index in [9.17, 15) is 0 Å². The molecule has 4 heteroatoms. The zero-order chi connectivity index (χ0) is 12.3. The van der Waals surface area contributed by atoms with Gasteiger partial charge in [0.1, 0.15) is 0 Å². The van der Waals surface area contributed by atoms with Crippen LogP contribution in [0.3, 0.4) is 0 Å². The van der Waals surface area contributed by atoms with Gasteiger partial charge in [-0.3, -0.25) is 9.89 Å². The maximum absolute atomic E-state index is 5.88. The van der Waals surface area contributed by atoms with Crippen molar-refractivity contribution in [3.63, 3.8) is 0 Å². The van der Waals surface area contributed by atoms with Crippen LogP contribution in [0.5, 0.6) is 0 Å². The van der Waals surface area contributed by atoms with Crippen LogP contribution < -0.4 is 11.1 Å². The Morgan fingerprint density at radius 2 is 2.29 bits per heavy atom. The highest BCUT2D eigenvalue weighted by Crippen LogP contribution is 2.37. The number of nitrogens with zero attached hydrogens (tertiary/aromatic N) is 2. The van der Waals surface area contributed by atoms with E-state index in [0.717, 1.165) is 31.5 Å². The quantitative estimate of drug-likeness (QED) is 0.555. The van der Waals surface area contributed by atoms with Crippen LogP contribution in [0, 0.1) is 11.8 Å². The summed E-state index contributed by atoms with van der Waals surface area (Å²) in [6, 6.07) is 0.647. The molecule has 3 atom stereocenters. The van der Waals surface area contributed by atoms with Gasteiger partial charge in [-0.15, -0.1) is 0 Å². The molecule has 1 aliphatic heterocycles. The van der Waals surface area contributed by atoms with E-state index in [1.54, 1.807) is 0 Å². The van der Waals surface area contributed by atoms with Crippen molar-refractivity contribution in [3.8, 4) is 0 Å². The van der Waals surface area contributed by atoms with Crippen molar-refractivity contribution >= 4 is 5.96 Å². The number of aliphatic imine (C=N–C) groups is 1. The van der Waals surface area contributed by atoms with Crippen LogP contribution in [-0.2, 0) is 0 Å². The second kappa shape index (κ2) is 5.71. The van der Waals surface area contributed by atoms with Gasteiger partial charge < -0.3 is 11.1 Å². The van der Waals surface area contributed by atoms with Crippen LogP contribution in [0.1, 0.15) is 33.1 Å². The van der Waals surface area contributed by atoms with Crippen molar-refractivity contribution in [3.05, 3.63) is 0 Å². The highest BCUT2D eigenvalue weighted by atomic mass is 15.2. The van der Waals surface area contributed by atoms with Crippen molar-refractivity contribution in [1.29, 1.82) is 0 Å². The lowest BCUT2D eigenvalue weighted by Gasteiger charge is -2.23. The third kappa shape index (κ3) is 3.60. The van der Waals surface area contributed by atoms with Crippen molar-refractivity contribution < 1.29 is 0 Å². The summed E-state index contributed by atoms with van der Waals surface area (Å²) in [5.74, 6) is 2.28. The molecule has 0 radical (unpaired) electrons. The number of likely N-dealkylation sites (tertiary alicyclic amines) is 1.